The molecule has 2 aromatic carbocycles. The fourth-order valence-electron chi connectivity index (χ4n) is 3.02. The third kappa shape index (κ3) is 6.02. The molecule has 0 radical (unpaired) electrons. The van der Waals surface area contributed by atoms with Crippen LogP contribution < -0.4 is 20.3 Å². The number of nitrogens with one attached hydrogen (secondary N) is 2. The number of halogens is 1. The van der Waals surface area contributed by atoms with E-state index in [1.54, 1.807) is 0 Å². The number of nitrogens with zero attached hydrogens (tertiary/aromatic N) is 2. The van der Waals surface area contributed by atoms with Gasteiger partial charge in [-0.2, -0.15) is 0 Å². The Kier molecular flexibility index (Phi) is 8.22. The first kappa shape index (κ1) is 21.3. The number of para-hydroxylation sites is 1. The second-order valence-corrected chi connectivity index (χ2v) is 6.69. The van der Waals surface area contributed by atoms with Crippen LogP contribution >= 0.6 is 24.0 Å². The Bertz CT molecular complexity index is 738. The van der Waals surface area contributed by atoms with Gasteiger partial charge in [-0.15, -0.1) is 24.0 Å². The van der Waals surface area contributed by atoms with E-state index in [4.69, 9.17) is 9.73 Å². The van der Waals surface area contributed by atoms with E-state index in [2.05, 4.69) is 58.9 Å². The molecule has 1 atom stereocenters. The Morgan fingerprint density at radius 2 is 1.96 bits per heavy atom. The highest BCUT2D eigenvalue weighted by Gasteiger charge is 2.22. The molecule has 0 saturated carbocycles. The molecule has 0 aliphatic carbocycles. The van der Waals surface area contributed by atoms with Gasteiger partial charge in [0.15, 0.2) is 5.96 Å². The highest BCUT2D eigenvalue weighted by molar-refractivity contribution is 14.0. The zero-order valence-corrected chi connectivity index (χ0v) is 18.6. The van der Waals surface area contributed by atoms with E-state index < -0.39 is 0 Å². The SMILES string of the molecule is CCNC(=NCc1cccc(N(C)C)c1)NCC1Cc2ccccc2O1.I. The summed E-state index contributed by atoms with van der Waals surface area (Å²) in [6, 6.07) is 16.7. The lowest BCUT2D eigenvalue weighted by atomic mass is 10.1. The number of rotatable bonds is 6. The lowest BCUT2D eigenvalue weighted by Crippen LogP contribution is -2.42. The third-order valence-corrected chi connectivity index (χ3v) is 4.40. The van der Waals surface area contributed by atoms with Crippen LogP contribution in [0.4, 0.5) is 5.69 Å². The molecule has 1 heterocycles. The summed E-state index contributed by atoms with van der Waals surface area (Å²) in [6.07, 6.45) is 1.08. The molecule has 2 N–H and O–H groups in total. The van der Waals surface area contributed by atoms with Gasteiger partial charge in [0, 0.05) is 32.7 Å². The van der Waals surface area contributed by atoms with E-state index in [1.807, 2.05) is 26.2 Å². The van der Waals surface area contributed by atoms with Crippen LogP contribution in [0.2, 0.25) is 0 Å². The molecule has 0 aromatic heterocycles. The van der Waals surface area contributed by atoms with Gasteiger partial charge in [0.25, 0.3) is 0 Å². The van der Waals surface area contributed by atoms with Crippen LogP contribution in [0.1, 0.15) is 18.1 Å². The molecule has 3 rings (SSSR count). The largest absolute Gasteiger partial charge is 0.488 e. The van der Waals surface area contributed by atoms with E-state index in [0.29, 0.717) is 6.54 Å². The van der Waals surface area contributed by atoms with Gasteiger partial charge in [-0.25, -0.2) is 4.99 Å². The molecule has 27 heavy (non-hydrogen) atoms. The Hall–Kier alpha value is -1.96. The molecule has 0 saturated heterocycles. The van der Waals surface area contributed by atoms with Crippen molar-refractivity contribution in [3.05, 3.63) is 59.7 Å². The predicted molar refractivity (Wildman–Crippen MR) is 124 cm³/mol. The molecule has 2 aromatic rings. The number of aliphatic imine (C=N–C) groups is 1. The van der Waals surface area contributed by atoms with E-state index in [9.17, 15) is 0 Å². The van der Waals surface area contributed by atoms with Crippen LogP contribution in [-0.2, 0) is 13.0 Å². The van der Waals surface area contributed by atoms with Crippen molar-refractivity contribution in [1.82, 2.24) is 10.6 Å². The van der Waals surface area contributed by atoms with Crippen LogP contribution in [0.25, 0.3) is 0 Å². The fourth-order valence-corrected chi connectivity index (χ4v) is 3.02. The van der Waals surface area contributed by atoms with Gasteiger partial charge < -0.3 is 20.3 Å². The van der Waals surface area contributed by atoms with Crippen LogP contribution in [0.5, 0.6) is 5.75 Å². The second kappa shape index (κ2) is 10.4. The van der Waals surface area contributed by atoms with Gasteiger partial charge >= 0.3 is 0 Å². The number of benzene rings is 2. The average molecular weight is 480 g/mol. The first-order valence-corrected chi connectivity index (χ1v) is 9.18. The number of anilines is 1. The standard InChI is InChI=1S/C21H28N4O.HI/c1-4-22-21(23-14-16-8-7-10-18(12-16)25(2)3)24-15-19-13-17-9-5-6-11-20(17)26-19;/h5-12,19H,4,13-15H2,1-3H3,(H2,22,23,24);1H. The zero-order valence-electron chi connectivity index (χ0n) is 16.2. The summed E-state index contributed by atoms with van der Waals surface area (Å²) in [4.78, 5) is 6.82. The molecule has 6 heteroatoms. The second-order valence-electron chi connectivity index (χ2n) is 6.69. The quantitative estimate of drug-likeness (QED) is 0.378. The van der Waals surface area contributed by atoms with Crippen LogP contribution in [0, 0.1) is 0 Å². The van der Waals surface area contributed by atoms with Crippen molar-refractivity contribution in [2.45, 2.75) is 26.0 Å². The maximum absolute atomic E-state index is 5.99. The molecular weight excluding hydrogens is 451 g/mol. The van der Waals surface area contributed by atoms with Crippen molar-refractivity contribution in [1.29, 1.82) is 0 Å². The smallest absolute Gasteiger partial charge is 0.191 e. The number of guanidine groups is 1. The Labute approximate surface area is 179 Å². The summed E-state index contributed by atoms with van der Waals surface area (Å²) in [5.41, 5.74) is 3.66. The highest BCUT2D eigenvalue weighted by Crippen LogP contribution is 2.27. The van der Waals surface area contributed by atoms with Gasteiger partial charge in [0.1, 0.15) is 11.9 Å². The fraction of sp³-hybridized carbons (Fsp3) is 0.381. The lowest BCUT2D eigenvalue weighted by molar-refractivity contribution is 0.235. The Morgan fingerprint density at radius 1 is 1.15 bits per heavy atom. The van der Waals surface area contributed by atoms with Crippen LogP contribution in [-0.4, -0.2) is 39.2 Å². The van der Waals surface area contributed by atoms with Gasteiger partial charge in [0.05, 0.1) is 13.1 Å². The summed E-state index contributed by atoms with van der Waals surface area (Å²) in [5.74, 6) is 1.82. The maximum atomic E-state index is 5.99. The first-order chi connectivity index (χ1) is 12.7. The molecule has 0 bridgehead atoms. The zero-order chi connectivity index (χ0) is 18.4. The first-order valence-electron chi connectivity index (χ1n) is 9.18. The molecule has 0 amide bonds. The highest BCUT2D eigenvalue weighted by atomic mass is 127. The van der Waals surface area contributed by atoms with Crippen molar-refractivity contribution >= 4 is 35.6 Å². The minimum atomic E-state index is 0. The molecule has 5 nitrogen and oxygen atoms in total. The molecule has 0 spiro atoms. The van der Waals surface area contributed by atoms with E-state index in [0.717, 1.165) is 31.2 Å². The van der Waals surface area contributed by atoms with Gasteiger partial charge in [-0.1, -0.05) is 30.3 Å². The van der Waals surface area contributed by atoms with E-state index in [1.165, 1.54) is 16.8 Å². The molecule has 146 valence electrons. The molecular formula is C21H29IN4O. The van der Waals surface area contributed by atoms with Crippen molar-refractivity contribution in [2.24, 2.45) is 4.99 Å². The molecule has 1 aliphatic heterocycles. The Morgan fingerprint density at radius 3 is 2.70 bits per heavy atom. The van der Waals surface area contributed by atoms with Gasteiger partial charge in [-0.3, -0.25) is 0 Å². The van der Waals surface area contributed by atoms with E-state index in [-0.39, 0.29) is 30.1 Å². The van der Waals surface area contributed by atoms with Crippen molar-refractivity contribution < 1.29 is 4.74 Å². The summed E-state index contributed by atoms with van der Waals surface area (Å²) in [7, 11) is 4.10. The topological polar surface area (TPSA) is 48.9 Å². The maximum Gasteiger partial charge on any atom is 0.191 e. The molecule has 1 aliphatic rings. The summed E-state index contributed by atoms with van der Waals surface area (Å²) in [6.45, 7) is 4.28. The summed E-state index contributed by atoms with van der Waals surface area (Å²) in [5, 5.41) is 6.72. The van der Waals surface area contributed by atoms with Crippen LogP contribution in [0.15, 0.2) is 53.5 Å². The van der Waals surface area contributed by atoms with Crippen molar-refractivity contribution in [3.8, 4) is 5.75 Å². The van der Waals surface area contributed by atoms with Gasteiger partial charge in [0.2, 0.25) is 0 Å². The third-order valence-electron chi connectivity index (χ3n) is 4.40. The minimum absolute atomic E-state index is 0. The number of ether oxygens (including phenoxy) is 1. The summed E-state index contributed by atoms with van der Waals surface area (Å²) < 4.78 is 5.99. The van der Waals surface area contributed by atoms with Gasteiger partial charge in [-0.05, 0) is 36.2 Å². The number of hydrogen-bond acceptors (Lipinski definition) is 3. The Balaban J connectivity index is 0.00000261. The van der Waals surface area contributed by atoms with Crippen LogP contribution in [0.3, 0.4) is 0 Å². The van der Waals surface area contributed by atoms with Crippen molar-refractivity contribution in [3.63, 3.8) is 0 Å². The monoisotopic (exact) mass is 480 g/mol. The average Bonchev–Trinajstić information content (AvgIpc) is 3.07. The van der Waals surface area contributed by atoms with Crippen molar-refractivity contribution in [2.75, 3.05) is 32.1 Å². The summed E-state index contributed by atoms with van der Waals surface area (Å²) >= 11 is 0. The predicted octanol–water partition coefficient (Wildman–Crippen LogP) is 3.43. The molecule has 1 unspecified atom stereocenters. The minimum Gasteiger partial charge on any atom is -0.488 e. The number of fused-ring (bicyclic) bond motifs is 1. The normalized spacial score (nSPS) is 15.4. The lowest BCUT2D eigenvalue weighted by Gasteiger charge is -2.16. The van der Waals surface area contributed by atoms with E-state index >= 15 is 0 Å². The molecule has 0 fully saturated rings. The number of hydrogen-bond donors (Lipinski definition) is 2.